The third kappa shape index (κ3) is 3.06. The van der Waals surface area contributed by atoms with Gasteiger partial charge < -0.3 is 14.2 Å². The number of benzene rings is 1. The van der Waals surface area contributed by atoms with Crippen LogP contribution in [0.4, 0.5) is 0 Å². The van der Waals surface area contributed by atoms with Crippen molar-refractivity contribution in [2.45, 2.75) is 11.8 Å². The number of esters is 1. The van der Waals surface area contributed by atoms with Gasteiger partial charge in [0.15, 0.2) is 6.61 Å². The van der Waals surface area contributed by atoms with E-state index in [1.165, 1.54) is 7.11 Å². The maximum atomic E-state index is 10.9. The van der Waals surface area contributed by atoms with E-state index in [1.807, 2.05) is 6.92 Å². The summed E-state index contributed by atoms with van der Waals surface area (Å²) < 4.78 is 14.8. The van der Waals surface area contributed by atoms with E-state index in [9.17, 15) is 4.79 Å². The highest BCUT2D eigenvalue weighted by molar-refractivity contribution is 7.80. The Hall–Kier alpha value is -1.36. The number of methoxy groups -OCH3 is 2. The zero-order valence-corrected chi connectivity index (χ0v) is 10.3. The van der Waals surface area contributed by atoms with Crippen LogP contribution in [0.3, 0.4) is 0 Å². The minimum absolute atomic E-state index is 0.120. The first-order valence-corrected chi connectivity index (χ1v) is 5.10. The molecule has 1 aromatic carbocycles. The number of carbonyl (C=O) groups excluding carboxylic acids is 1. The van der Waals surface area contributed by atoms with Crippen LogP contribution in [0.15, 0.2) is 17.0 Å². The van der Waals surface area contributed by atoms with E-state index in [0.717, 1.165) is 10.5 Å². The molecule has 0 saturated heterocycles. The molecule has 16 heavy (non-hydrogen) atoms. The van der Waals surface area contributed by atoms with Gasteiger partial charge in [-0.1, -0.05) is 0 Å². The summed E-state index contributed by atoms with van der Waals surface area (Å²) in [7, 11) is 2.87. The highest BCUT2D eigenvalue weighted by Gasteiger charge is 2.08. The first-order valence-electron chi connectivity index (χ1n) is 4.65. The van der Waals surface area contributed by atoms with E-state index < -0.39 is 5.97 Å². The van der Waals surface area contributed by atoms with Crippen molar-refractivity contribution < 1.29 is 19.0 Å². The van der Waals surface area contributed by atoms with Crippen LogP contribution in [-0.2, 0) is 9.53 Å². The van der Waals surface area contributed by atoms with E-state index in [-0.39, 0.29) is 6.61 Å². The van der Waals surface area contributed by atoms with Gasteiger partial charge in [0, 0.05) is 11.0 Å². The van der Waals surface area contributed by atoms with Gasteiger partial charge in [-0.2, -0.15) is 0 Å². The predicted octanol–water partition coefficient (Wildman–Crippen LogP) is 1.84. The smallest absolute Gasteiger partial charge is 0.343 e. The highest BCUT2D eigenvalue weighted by atomic mass is 32.1. The summed E-state index contributed by atoms with van der Waals surface area (Å²) in [6.45, 7) is 1.76. The number of aryl methyl sites for hydroxylation is 1. The fourth-order valence-electron chi connectivity index (χ4n) is 1.16. The molecule has 4 nitrogen and oxygen atoms in total. The number of hydrogen-bond acceptors (Lipinski definition) is 5. The maximum Gasteiger partial charge on any atom is 0.343 e. The van der Waals surface area contributed by atoms with E-state index in [2.05, 4.69) is 17.4 Å². The molecule has 0 atom stereocenters. The number of ether oxygens (including phenoxy) is 3. The molecule has 0 heterocycles. The lowest BCUT2D eigenvalue weighted by atomic mass is 10.2. The van der Waals surface area contributed by atoms with Gasteiger partial charge in [0.05, 0.1) is 14.2 Å². The Morgan fingerprint density at radius 3 is 2.62 bits per heavy atom. The van der Waals surface area contributed by atoms with E-state index in [0.29, 0.717) is 11.5 Å². The third-order valence-corrected chi connectivity index (χ3v) is 2.62. The van der Waals surface area contributed by atoms with Crippen molar-refractivity contribution in [3.8, 4) is 11.5 Å². The molecule has 0 aliphatic heterocycles. The van der Waals surface area contributed by atoms with Crippen LogP contribution in [0.25, 0.3) is 0 Å². The van der Waals surface area contributed by atoms with Gasteiger partial charge in [-0.05, 0) is 18.6 Å². The van der Waals surface area contributed by atoms with Crippen molar-refractivity contribution in [3.63, 3.8) is 0 Å². The molecule has 88 valence electrons. The van der Waals surface area contributed by atoms with Gasteiger partial charge in [-0.15, -0.1) is 12.6 Å². The Morgan fingerprint density at radius 2 is 2.06 bits per heavy atom. The average Bonchev–Trinajstić information content (AvgIpc) is 2.29. The monoisotopic (exact) mass is 242 g/mol. The van der Waals surface area contributed by atoms with Crippen LogP contribution in [0.2, 0.25) is 0 Å². The largest absolute Gasteiger partial charge is 0.495 e. The zero-order valence-electron chi connectivity index (χ0n) is 9.44. The van der Waals surface area contributed by atoms with E-state index in [4.69, 9.17) is 9.47 Å². The van der Waals surface area contributed by atoms with Crippen LogP contribution in [0.5, 0.6) is 11.5 Å². The molecule has 0 radical (unpaired) electrons. The molecule has 1 rings (SSSR count). The molecule has 0 bridgehead atoms. The summed E-state index contributed by atoms with van der Waals surface area (Å²) in [5.41, 5.74) is 0.919. The van der Waals surface area contributed by atoms with Crippen LogP contribution in [0.1, 0.15) is 5.56 Å². The molecule has 5 heteroatoms. The Morgan fingerprint density at radius 1 is 1.38 bits per heavy atom. The van der Waals surface area contributed by atoms with Gasteiger partial charge in [0.25, 0.3) is 0 Å². The van der Waals surface area contributed by atoms with Crippen LogP contribution in [-0.4, -0.2) is 26.8 Å². The molecule has 0 amide bonds. The molecule has 1 aromatic rings. The first-order chi connectivity index (χ1) is 7.58. The lowest BCUT2D eigenvalue weighted by Crippen LogP contribution is -2.12. The summed E-state index contributed by atoms with van der Waals surface area (Å²) >= 11 is 4.29. The number of hydrogen-bond donors (Lipinski definition) is 1. The van der Waals surface area contributed by atoms with Crippen LogP contribution < -0.4 is 9.47 Å². The molecule has 0 spiro atoms. The van der Waals surface area contributed by atoms with Gasteiger partial charge in [-0.25, -0.2) is 4.79 Å². The van der Waals surface area contributed by atoms with Gasteiger partial charge >= 0.3 is 5.97 Å². The Kier molecular flexibility index (Phi) is 4.49. The lowest BCUT2D eigenvalue weighted by Gasteiger charge is -2.10. The van der Waals surface area contributed by atoms with Gasteiger partial charge in [0.2, 0.25) is 0 Å². The fraction of sp³-hybridized carbons (Fsp3) is 0.364. The molecular formula is C11H14O4S. The fourth-order valence-corrected chi connectivity index (χ4v) is 1.38. The third-order valence-electron chi connectivity index (χ3n) is 2.04. The normalized spacial score (nSPS) is 9.75. The summed E-state index contributed by atoms with van der Waals surface area (Å²) in [6.07, 6.45) is 0. The number of thiol groups is 1. The summed E-state index contributed by atoms with van der Waals surface area (Å²) in [4.78, 5) is 11.7. The summed E-state index contributed by atoms with van der Waals surface area (Å²) in [5, 5.41) is 0. The van der Waals surface area contributed by atoms with Crippen LogP contribution >= 0.6 is 12.6 Å². The topological polar surface area (TPSA) is 44.8 Å². The molecule has 0 unspecified atom stereocenters. The molecule has 0 aliphatic rings. The van der Waals surface area contributed by atoms with Crippen molar-refractivity contribution in [1.82, 2.24) is 0 Å². The molecule has 0 fully saturated rings. The molecule has 0 N–H and O–H groups in total. The van der Waals surface area contributed by atoms with Crippen molar-refractivity contribution >= 4 is 18.6 Å². The number of rotatable bonds is 4. The van der Waals surface area contributed by atoms with Crippen molar-refractivity contribution in [1.29, 1.82) is 0 Å². The van der Waals surface area contributed by atoms with E-state index >= 15 is 0 Å². The van der Waals surface area contributed by atoms with Crippen molar-refractivity contribution in [2.24, 2.45) is 0 Å². The van der Waals surface area contributed by atoms with Crippen LogP contribution in [0, 0.1) is 6.92 Å². The Labute approximate surface area is 99.9 Å². The second-order valence-electron chi connectivity index (χ2n) is 3.16. The molecule has 0 saturated carbocycles. The first kappa shape index (κ1) is 12.7. The van der Waals surface area contributed by atoms with Crippen molar-refractivity contribution in [3.05, 3.63) is 17.7 Å². The highest BCUT2D eigenvalue weighted by Crippen LogP contribution is 2.31. The second kappa shape index (κ2) is 5.65. The lowest BCUT2D eigenvalue weighted by molar-refractivity contribution is -0.142. The average molecular weight is 242 g/mol. The number of carbonyl (C=O) groups is 1. The maximum absolute atomic E-state index is 10.9. The summed E-state index contributed by atoms with van der Waals surface area (Å²) in [6, 6.07) is 3.46. The molecular weight excluding hydrogens is 228 g/mol. The van der Waals surface area contributed by atoms with Gasteiger partial charge in [0.1, 0.15) is 11.5 Å². The minimum atomic E-state index is -0.424. The second-order valence-corrected chi connectivity index (χ2v) is 3.60. The Balaban J connectivity index is 2.81. The zero-order chi connectivity index (χ0) is 12.1. The van der Waals surface area contributed by atoms with Crippen molar-refractivity contribution in [2.75, 3.05) is 20.8 Å². The standard InChI is InChI=1S/C11H14O4S/c1-7-4-8(15-6-10(12)14-3)5-9(13-2)11(7)16/h4-5,16H,6H2,1-3H3. The predicted molar refractivity (Wildman–Crippen MR) is 62.5 cm³/mol. The van der Waals surface area contributed by atoms with Gasteiger partial charge in [-0.3, -0.25) is 0 Å². The Bertz CT molecular complexity index is 390. The molecule has 0 aromatic heterocycles. The van der Waals surface area contributed by atoms with E-state index in [1.54, 1.807) is 19.2 Å². The summed E-state index contributed by atoms with van der Waals surface area (Å²) in [5.74, 6) is 0.743. The molecule has 0 aliphatic carbocycles. The quantitative estimate of drug-likeness (QED) is 0.646. The minimum Gasteiger partial charge on any atom is -0.495 e. The SMILES string of the molecule is COC(=O)COc1cc(C)c(S)c(OC)c1.